The first kappa shape index (κ1) is 17.7. The lowest BCUT2D eigenvalue weighted by molar-refractivity contribution is -0.124. The van der Waals surface area contributed by atoms with Crippen LogP contribution in [0.3, 0.4) is 0 Å². The molecule has 3 atom stereocenters. The number of aromatic nitrogens is 2. The molecular weight excluding hydrogens is 288 g/mol. The molecule has 1 aromatic heterocycles. The van der Waals surface area contributed by atoms with Crippen molar-refractivity contribution in [2.75, 3.05) is 0 Å². The maximum absolute atomic E-state index is 11.8. The zero-order valence-electron chi connectivity index (χ0n) is 14.8. The van der Waals surface area contributed by atoms with Crippen LogP contribution in [0.2, 0.25) is 0 Å². The normalized spacial score (nSPS) is 22.5. The number of amides is 1. The lowest BCUT2D eigenvalue weighted by Crippen LogP contribution is -2.50. The number of carbonyl (C=O) groups excluding carboxylic acids is 1. The molecule has 1 aliphatic rings. The number of piperidine rings is 1. The number of rotatable bonds is 7. The van der Waals surface area contributed by atoms with Gasteiger partial charge in [-0.25, -0.2) is 0 Å². The first-order chi connectivity index (χ1) is 11.0. The van der Waals surface area contributed by atoms with E-state index in [0.29, 0.717) is 12.5 Å². The van der Waals surface area contributed by atoms with Gasteiger partial charge in [0.15, 0.2) is 0 Å². The van der Waals surface area contributed by atoms with E-state index in [2.05, 4.69) is 49.5 Å². The van der Waals surface area contributed by atoms with Crippen LogP contribution in [0.15, 0.2) is 24.0 Å². The monoisotopic (exact) mass is 318 g/mol. The van der Waals surface area contributed by atoms with Gasteiger partial charge in [0, 0.05) is 36.8 Å². The van der Waals surface area contributed by atoms with Gasteiger partial charge in [-0.05, 0) is 47.0 Å². The van der Waals surface area contributed by atoms with Gasteiger partial charge in [-0.3, -0.25) is 9.48 Å². The van der Waals surface area contributed by atoms with E-state index in [1.807, 2.05) is 17.1 Å². The molecule has 128 valence electrons. The molecule has 5 nitrogen and oxygen atoms in total. The molecule has 23 heavy (non-hydrogen) atoms. The summed E-state index contributed by atoms with van der Waals surface area (Å²) in [6, 6.07) is 0.709. The van der Waals surface area contributed by atoms with Gasteiger partial charge >= 0.3 is 0 Å². The number of nitrogens with zero attached hydrogens (tertiary/aromatic N) is 2. The molecule has 1 fully saturated rings. The van der Waals surface area contributed by atoms with Crippen molar-refractivity contribution in [2.45, 2.75) is 78.0 Å². The Bertz CT molecular complexity index is 545. The zero-order valence-corrected chi connectivity index (χ0v) is 14.8. The summed E-state index contributed by atoms with van der Waals surface area (Å²) in [5, 5.41) is 11.2. The van der Waals surface area contributed by atoms with Gasteiger partial charge in [-0.1, -0.05) is 11.6 Å². The molecule has 2 N–H and O–H groups in total. The van der Waals surface area contributed by atoms with E-state index in [1.165, 1.54) is 5.57 Å². The summed E-state index contributed by atoms with van der Waals surface area (Å²) >= 11 is 0. The van der Waals surface area contributed by atoms with Gasteiger partial charge in [0.25, 0.3) is 0 Å². The van der Waals surface area contributed by atoms with Gasteiger partial charge in [0.1, 0.15) is 0 Å². The second kappa shape index (κ2) is 8.29. The van der Waals surface area contributed by atoms with Crippen molar-refractivity contribution in [3.05, 3.63) is 29.6 Å². The van der Waals surface area contributed by atoms with Crippen molar-refractivity contribution in [3.8, 4) is 0 Å². The molecule has 1 aliphatic heterocycles. The minimum absolute atomic E-state index is 0.0162. The van der Waals surface area contributed by atoms with Crippen LogP contribution in [-0.2, 0) is 11.3 Å². The molecule has 1 saturated heterocycles. The summed E-state index contributed by atoms with van der Waals surface area (Å²) in [6.45, 7) is 9.41. The van der Waals surface area contributed by atoms with Crippen molar-refractivity contribution in [1.29, 1.82) is 0 Å². The topological polar surface area (TPSA) is 59.0 Å². The molecule has 2 rings (SSSR count). The van der Waals surface area contributed by atoms with E-state index in [-0.39, 0.29) is 18.0 Å². The lowest BCUT2D eigenvalue weighted by atomic mass is 9.92. The average Bonchev–Trinajstić information content (AvgIpc) is 2.97. The van der Waals surface area contributed by atoms with E-state index in [9.17, 15) is 4.79 Å². The van der Waals surface area contributed by atoms with E-state index in [1.54, 1.807) is 0 Å². The Hall–Kier alpha value is -1.62. The summed E-state index contributed by atoms with van der Waals surface area (Å²) in [6.07, 6.45) is 9.87. The Balaban J connectivity index is 1.99. The van der Waals surface area contributed by atoms with Gasteiger partial charge in [0.2, 0.25) is 5.91 Å². The Morgan fingerprint density at radius 1 is 1.57 bits per heavy atom. The predicted octanol–water partition coefficient (Wildman–Crippen LogP) is 2.95. The standard InChI is InChI=1S/C18H30N4O/c1-5-22-12-15(11-19-22)18-16(9-10-17(23)21-18)20-14(4)8-6-7-13(2)3/h7,11-12,14,16,18,20H,5-6,8-10H2,1-4H3,(H,21,23)/t14-,16+,18-/m0/s1. The van der Waals surface area contributed by atoms with Crippen LogP contribution in [0.5, 0.6) is 0 Å². The van der Waals surface area contributed by atoms with Crippen LogP contribution in [0.1, 0.15) is 65.0 Å². The number of hydrogen-bond acceptors (Lipinski definition) is 3. The predicted molar refractivity (Wildman–Crippen MR) is 93.1 cm³/mol. The van der Waals surface area contributed by atoms with Crippen molar-refractivity contribution in [2.24, 2.45) is 0 Å². The molecule has 5 heteroatoms. The summed E-state index contributed by atoms with van der Waals surface area (Å²) in [5.74, 6) is 0.134. The molecule has 0 saturated carbocycles. The zero-order chi connectivity index (χ0) is 16.8. The highest BCUT2D eigenvalue weighted by Crippen LogP contribution is 2.24. The highest BCUT2D eigenvalue weighted by molar-refractivity contribution is 5.77. The van der Waals surface area contributed by atoms with E-state index < -0.39 is 0 Å². The smallest absolute Gasteiger partial charge is 0.220 e. The minimum atomic E-state index is 0.0162. The van der Waals surface area contributed by atoms with Gasteiger partial charge < -0.3 is 10.6 Å². The highest BCUT2D eigenvalue weighted by Gasteiger charge is 2.31. The third-order valence-electron chi connectivity index (χ3n) is 4.39. The third-order valence-corrected chi connectivity index (χ3v) is 4.39. The summed E-state index contributed by atoms with van der Waals surface area (Å²) < 4.78 is 1.91. The third kappa shape index (κ3) is 5.20. The second-order valence-electron chi connectivity index (χ2n) is 6.75. The molecule has 1 aromatic rings. The Labute approximate surface area is 139 Å². The van der Waals surface area contributed by atoms with E-state index in [0.717, 1.165) is 31.4 Å². The molecule has 0 unspecified atom stereocenters. The van der Waals surface area contributed by atoms with Crippen molar-refractivity contribution in [3.63, 3.8) is 0 Å². The van der Waals surface area contributed by atoms with Crippen molar-refractivity contribution < 1.29 is 4.79 Å². The molecule has 0 bridgehead atoms. The molecular formula is C18H30N4O. The average molecular weight is 318 g/mol. The van der Waals surface area contributed by atoms with E-state index >= 15 is 0 Å². The van der Waals surface area contributed by atoms with Crippen LogP contribution in [0.4, 0.5) is 0 Å². The van der Waals surface area contributed by atoms with Crippen LogP contribution in [0, 0.1) is 0 Å². The largest absolute Gasteiger partial charge is 0.348 e. The Morgan fingerprint density at radius 2 is 2.35 bits per heavy atom. The van der Waals surface area contributed by atoms with E-state index in [4.69, 9.17) is 0 Å². The first-order valence-electron chi connectivity index (χ1n) is 8.70. The first-order valence-corrected chi connectivity index (χ1v) is 8.70. The van der Waals surface area contributed by atoms with Gasteiger partial charge in [0.05, 0.1) is 12.2 Å². The van der Waals surface area contributed by atoms with Crippen LogP contribution in [-0.4, -0.2) is 27.8 Å². The number of nitrogens with one attached hydrogen (secondary N) is 2. The van der Waals surface area contributed by atoms with Gasteiger partial charge in [-0.2, -0.15) is 5.10 Å². The molecule has 0 radical (unpaired) electrons. The Kier molecular flexibility index (Phi) is 6.39. The minimum Gasteiger partial charge on any atom is -0.348 e. The number of hydrogen-bond donors (Lipinski definition) is 2. The molecule has 0 aliphatic carbocycles. The maximum atomic E-state index is 11.8. The van der Waals surface area contributed by atoms with Crippen molar-refractivity contribution >= 4 is 5.91 Å². The number of allylic oxidation sites excluding steroid dienone is 2. The van der Waals surface area contributed by atoms with Gasteiger partial charge in [-0.15, -0.1) is 0 Å². The quantitative estimate of drug-likeness (QED) is 0.760. The fourth-order valence-corrected chi connectivity index (χ4v) is 3.08. The summed E-state index contributed by atoms with van der Waals surface area (Å²) in [5.41, 5.74) is 2.46. The SMILES string of the molecule is CCn1cc([C@@H]2NC(=O)CC[C@H]2N[C@@H](C)CCC=C(C)C)cn1. The van der Waals surface area contributed by atoms with Crippen LogP contribution < -0.4 is 10.6 Å². The number of carbonyl (C=O) groups is 1. The molecule has 0 aromatic carbocycles. The second-order valence-corrected chi connectivity index (χ2v) is 6.75. The molecule has 2 heterocycles. The van der Waals surface area contributed by atoms with Crippen LogP contribution in [0.25, 0.3) is 0 Å². The fourth-order valence-electron chi connectivity index (χ4n) is 3.08. The Morgan fingerprint density at radius 3 is 3.00 bits per heavy atom. The summed E-state index contributed by atoms with van der Waals surface area (Å²) in [4.78, 5) is 11.8. The highest BCUT2D eigenvalue weighted by atomic mass is 16.1. The van der Waals surface area contributed by atoms with Crippen LogP contribution >= 0.6 is 0 Å². The maximum Gasteiger partial charge on any atom is 0.220 e. The lowest BCUT2D eigenvalue weighted by Gasteiger charge is -2.34. The summed E-state index contributed by atoms with van der Waals surface area (Å²) in [7, 11) is 0. The fraction of sp³-hybridized carbons (Fsp3) is 0.667. The molecule has 0 spiro atoms. The van der Waals surface area contributed by atoms with Crippen molar-refractivity contribution in [1.82, 2.24) is 20.4 Å². The molecule has 1 amide bonds. The number of aryl methyl sites for hydroxylation is 1.